The number of halogens is 2. The second-order valence-electron chi connectivity index (χ2n) is 5.73. The molecule has 0 saturated heterocycles. The van der Waals surface area contributed by atoms with E-state index >= 15 is 0 Å². The van der Waals surface area contributed by atoms with Crippen molar-refractivity contribution in [2.45, 2.75) is 19.0 Å². The number of carboxylic acids is 1. The third-order valence-electron chi connectivity index (χ3n) is 3.90. The summed E-state index contributed by atoms with van der Waals surface area (Å²) in [4.78, 5) is 11.0. The Bertz CT molecular complexity index is 885. The van der Waals surface area contributed by atoms with E-state index in [1.54, 1.807) is 6.20 Å². The van der Waals surface area contributed by atoms with Crippen molar-refractivity contribution in [1.82, 2.24) is 4.57 Å². The number of nitrogens with zero attached hydrogens (tertiary/aromatic N) is 1. The average molecular weight is 330 g/mol. The Morgan fingerprint density at radius 3 is 2.50 bits per heavy atom. The Morgan fingerprint density at radius 1 is 1.17 bits per heavy atom. The number of carboxylic acid groups (broad SMARTS) is 1. The van der Waals surface area contributed by atoms with Crippen LogP contribution in [0.15, 0.2) is 48.7 Å². The molecule has 0 fully saturated rings. The Hall–Kier alpha value is -2.73. The summed E-state index contributed by atoms with van der Waals surface area (Å²) in [6, 6.07) is 9.84. The second kappa shape index (κ2) is 6.41. The molecule has 24 heavy (non-hydrogen) atoms. The van der Waals surface area contributed by atoms with Gasteiger partial charge in [0.05, 0.1) is 0 Å². The Morgan fingerprint density at radius 2 is 1.83 bits per heavy atom. The quantitative estimate of drug-likeness (QED) is 0.756. The highest BCUT2D eigenvalue weighted by atomic mass is 19.1. The molecular formula is C18H16F2N2O2. The highest BCUT2D eigenvalue weighted by Gasteiger charge is 2.16. The maximum Gasteiger partial charge on any atom is 0.320 e. The van der Waals surface area contributed by atoms with Gasteiger partial charge in [-0.1, -0.05) is 18.2 Å². The molecule has 3 aromatic rings. The van der Waals surface area contributed by atoms with Crippen LogP contribution in [0.2, 0.25) is 0 Å². The van der Waals surface area contributed by atoms with Gasteiger partial charge < -0.3 is 15.4 Å². The Kier molecular flexibility index (Phi) is 4.31. The van der Waals surface area contributed by atoms with Crippen LogP contribution in [0.4, 0.5) is 8.78 Å². The van der Waals surface area contributed by atoms with Gasteiger partial charge in [0, 0.05) is 36.1 Å². The van der Waals surface area contributed by atoms with Crippen LogP contribution < -0.4 is 5.73 Å². The SMILES string of the molecule is N[C@@H](Cc1cn(Cc2cc(F)cc(F)c2)c2ccccc12)C(=O)O. The summed E-state index contributed by atoms with van der Waals surface area (Å²) in [5, 5.41) is 9.88. The monoisotopic (exact) mass is 330 g/mol. The first-order valence-corrected chi connectivity index (χ1v) is 7.44. The lowest BCUT2D eigenvalue weighted by Gasteiger charge is -2.06. The lowest BCUT2D eigenvalue weighted by Crippen LogP contribution is -2.32. The molecule has 6 heteroatoms. The van der Waals surface area contributed by atoms with E-state index < -0.39 is 23.6 Å². The zero-order valence-electron chi connectivity index (χ0n) is 12.7. The number of hydrogen-bond donors (Lipinski definition) is 2. The first kappa shape index (κ1) is 16.1. The smallest absolute Gasteiger partial charge is 0.320 e. The first-order chi connectivity index (χ1) is 11.4. The van der Waals surface area contributed by atoms with E-state index in [2.05, 4.69) is 0 Å². The molecule has 0 unspecified atom stereocenters. The van der Waals surface area contributed by atoms with Crippen LogP contribution in [0.3, 0.4) is 0 Å². The van der Waals surface area contributed by atoms with Crippen LogP contribution in [-0.2, 0) is 17.8 Å². The lowest BCUT2D eigenvalue weighted by atomic mass is 10.1. The fraction of sp³-hybridized carbons (Fsp3) is 0.167. The topological polar surface area (TPSA) is 68.2 Å². The molecule has 124 valence electrons. The summed E-state index contributed by atoms with van der Waals surface area (Å²) < 4.78 is 28.6. The van der Waals surface area contributed by atoms with Crippen molar-refractivity contribution >= 4 is 16.9 Å². The van der Waals surface area contributed by atoms with Gasteiger partial charge in [0.15, 0.2) is 0 Å². The van der Waals surface area contributed by atoms with Gasteiger partial charge in [0.2, 0.25) is 0 Å². The molecule has 2 aromatic carbocycles. The third kappa shape index (κ3) is 3.28. The summed E-state index contributed by atoms with van der Waals surface area (Å²) in [6.07, 6.45) is 1.97. The van der Waals surface area contributed by atoms with Crippen LogP contribution in [0, 0.1) is 11.6 Å². The molecule has 0 aliphatic heterocycles. The largest absolute Gasteiger partial charge is 0.480 e. The number of aromatic nitrogens is 1. The highest BCUT2D eigenvalue weighted by Crippen LogP contribution is 2.24. The van der Waals surface area contributed by atoms with Gasteiger partial charge in [-0.15, -0.1) is 0 Å². The molecule has 1 aromatic heterocycles. The van der Waals surface area contributed by atoms with E-state index in [9.17, 15) is 13.6 Å². The number of carbonyl (C=O) groups is 1. The van der Waals surface area contributed by atoms with Gasteiger partial charge in [-0.05, 0) is 29.3 Å². The van der Waals surface area contributed by atoms with Gasteiger partial charge in [-0.3, -0.25) is 4.79 Å². The molecular weight excluding hydrogens is 314 g/mol. The number of benzene rings is 2. The summed E-state index contributed by atoms with van der Waals surface area (Å²) >= 11 is 0. The minimum atomic E-state index is -1.07. The summed E-state index contributed by atoms with van der Waals surface area (Å²) in [7, 11) is 0. The highest BCUT2D eigenvalue weighted by molar-refractivity contribution is 5.85. The van der Waals surface area contributed by atoms with Gasteiger partial charge in [-0.2, -0.15) is 0 Å². The summed E-state index contributed by atoms with van der Waals surface area (Å²) in [5.41, 5.74) is 7.77. The Balaban J connectivity index is 2.00. The maximum atomic E-state index is 13.4. The van der Waals surface area contributed by atoms with Crippen LogP contribution in [0.5, 0.6) is 0 Å². The minimum absolute atomic E-state index is 0.181. The summed E-state index contributed by atoms with van der Waals surface area (Å²) in [6.45, 7) is 0.275. The predicted molar refractivity (Wildman–Crippen MR) is 86.7 cm³/mol. The van der Waals surface area contributed by atoms with Crippen molar-refractivity contribution in [3.8, 4) is 0 Å². The molecule has 0 aliphatic rings. The first-order valence-electron chi connectivity index (χ1n) is 7.44. The summed E-state index contributed by atoms with van der Waals surface area (Å²) in [5.74, 6) is -2.33. The number of aliphatic carboxylic acids is 1. The molecule has 3 N–H and O–H groups in total. The van der Waals surface area contributed by atoms with E-state index in [4.69, 9.17) is 10.8 Å². The normalized spacial score (nSPS) is 12.5. The number of nitrogens with two attached hydrogens (primary N) is 1. The molecule has 0 bridgehead atoms. The standard InChI is InChI=1S/C18H16F2N2O2/c19-13-5-11(6-14(20)8-13)9-22-10-12(7-16(21)18(23)24)15-3-1-2-4-17(15)22/h1-6,8,10,16H,7,9,21H2,(H,23,24)/t16-/m0/s1. The van der Waals surface area contributed by atoms with Crippen molar-refractivity contribution in [2.75, 3.05) is 0 Å². The number of hydrogen-bond acceptors (Lipinski definition) is 2. The molecule has 0 radical (unpaired) electrons. The fourth-order valence-electron chi connectivity index (χ4n) is 2.84. The van der Waals surface area contributed by atoms with E-state index in [1.165, 1.54) is 12.1 Å². The molecule has 0 spiro atoms. The molecule has 3 rings (SSSR count). The van der Waals surface area contributed by atoms with Gasteiger partial charge in [0.1, 0.15) is 17.7 Å². The third-order valence-corrected chi connectivity index (χ3v) is 3.90. The van der Waals surface area contributed by atoms with Crippen LogP contribution in [0.25, 0.3) is 10.9 Å². The molecule has 4 nitrogen and oxygen atoms in total. The molecule has 0 amide bonds. The van der Waals surface area contributed by atoms with Crippen molar-refractivity contribution in [3.63, 3.8) is 0 Å². The lowest BCUT2D eigenvalue weighted by molar-refractivity contribution is -0.138. The van der Waals surface area contributed by atoms with Crippen molar-refractivity contribution in [3.05, 3.63) is 71.4 Å². The van der Waals surface area contributed by atoms with Gasteiger partial charge >= 0.3 is 5.97 Å². The zero-order valence-corrected chi connectivity index (χ0v) is 12.7. The molecule has 0 aliphatic carbocycles. The maximum absolute atomic E-state index is 13.4. The van der Waals surface area contributed by atoms with Crippen LogP contribution in [0.1, 0.15) is 11.1 Å². The number of para-hydroxylation sites is 1. The molecule has 1 atom stereocenters. The number of rotatable bonds is 5. The van der Waals surface area contributed by atoms with E-state index in [0.717, 1.165) is 22.5 Å². The Labute approximate surface area is 137 Å². The van der Waals surface area contributed by atoms with E-state index in [-0.39, 0.29) is 13.0 Å². The number of fused-ring (bicyclic) bond motifs is 1. The minimum Gasteiger partial charge on any atom is -0.480 e. The van der Waals surface area contributed by atoms with Crippen molar-refractivity contribution in [1.29, 1.82) is 0 Å². The predicted octanol–water partition coefficient (Wildman–Crippen LogP) is 2.92. The zero-order chi connectivity index (χ0) is 17.3. The van der Waals surface area contributed by atoms with E-state index in [0.29, 0.717) is 5.56 Å². The molecule has 0 saturated carbocycles. The van der Waals surface area contributed by atoms with Crippen molar-refractivity contribution in [2.24, 2.45) is 5.73 Å². The average Bonchev–Trinajstić information content (AvgIpc) is 2.84. The van der Waals surface area contributed by atoms with Crippen molar-refractivity contribution < 1.29 is 18.7 Å². The van der Waals surface area contributed by atoms with Crippen LogP contribution >= 0.6 is 0 Å². The van der Waals surface area contributed by atoms with Crippen LogP contribution in [-0.4, -0.2) is 21.7 Å². The second-order valence-corrected chi connectivity index (χ2v) is 5.73. The van der Waals surface area contributed by atoms with Gasteiger partial charge in [-0.25, -0.2) is 8.78 Å². The molecule has 1 heterocycles. The van der Waals surface area contributed by atoms with Gasteiger partial charge in [0.25, 0.3) is 0 Å². The fourth-order valence-corrected chi connectivity index (χ4v) is 2.84. The van der Waals surface area contributed by atoms with E-state index in [1.807, 2.05) is 28.8 Å².